The van der Waals surface area contributed by atoms with Gasteiger partial charge in [-0.3, -0.25) is 0 Å². The van der Waals surface area contributed by atoms with E-state index in [0.29, 0.717) is 5.57 Å². The van der Waals surface area contributed by atoms with E-state index in [1.807, 2.05) is 0 Å². The van der Waals surface area contributed by atoms with Crippen molar-refractivity contribution in [2.45, 2.75) is 20.8 Å². The number of carbonyl (C=O) groups excluding carboxylic acids is 1. The van der Waals surface area contributed by atoms with E-state index in [1.165, 1.54) is 12.2 Å². The van der Waals surface area contributed by atoms with Crippen molar-refractivity contribution in [2.75, 3.05) is 0 Å². The van der Waals surface area contributed by atoms with Crippen LogP contribution in [0.1, 0.15) is 20.8 Å². The number of carbonyl (C=O) groups is 1. The van der Waals surface area contributed by atoms with Crippen molar-refractivity contribution in [1.29, 1.82) is 0 Å². The first-order valence-corrected chi connectivity index (χ1v) is 3.84. The van der Waals surface area contributed by atoms with Gasteiger partial charge in [-0.1, -0.05) is 17.7 Å². The van der Waals surface area contributed by atoms with E-state index in [-0.39, 0.29) is 0 Å². The lowest BCUT2D eigenvalue weighted by atomic mass is 10.3. The lowest BCUT2D eigenvalue weighted by molar-refractivity contribution is -0.137. The van der Waals surface area contributed by atoms with Gasteiger partial charge in [0.1, 0.15) is 0 Å². The molecule has 3 nitrogen and oxygen atoms in total. The lowest BCUT2D eigenvalue weighted by Gasteiger charge is -1.99. The Morgan fingerprint density at radius 3 is 2.23 bits per heavy atom. The number of hydrogen-bond donors (Lipinski definition) is 1. The molecule has 0 aromatic heterocycles. The molecule has 0 amide bonds. The zero-order valence-electron chi connectivity index (χ0n) is 8.13. The predicted octanol–water partition coefficient (Wildman–Crippen LogP) is 2.47. The number of aliphatic hydroxyl groups excluding tert-OH is 1. The van der Waals surface area contributed by atoms with Crippen molar-refractivity contribution in [3.63, 3.8) is 0 Å². The molecule has 0 heterocycles. The number of aliphatic hydroxyl groups is 1. The van der Waals surface area contributed by atoms with Crippen LogP contribution in [-0.2, 0) is 9.53 Å². The van der Waals surface area contributed by atoms with Gasteiger partial charge in [0.15, 0.2) is 0 Å². The van der Waals surface area contributed by atoms with Crippen LogP contribution in [0.25, 0.3) is 0 Å². The topological polar surface area (TPSA) is 46.5 Å². The van der Waals surface area contributed by atoms with Gasteiger partial charge in [0.05, 0.1) is 0 Å². The molecule has 0 spiro atoms. The second kappa shape index (κ2) is 5.19. The second-order valence-electron chi connectivity index (χ2n) is 2.97. The minimum atomic E-state index is -0.588. The lowest BCUT2D eigenvalue weighted by Crippen LogP contribution is -2.00. The van der Waals surface area contributed by atoms with Gasteiger partial charge < -0.3 is 9.84 Å². The monoisotopic (exact) mass is 182 g/mol. The van der Waals surface area contributed by atoms with E-state index in [1.54, 1.807) is 20.8 Å². The maximum absolute atomic E-state index is 10.9. The van der Waals surface area contributed by atoms with Crippen LogP contribution in [0, 0.1) is 0 Å². The highest BCUT2D eigenvalue weighted by molar-refractivity contribution is 5.83. The van der Waals surface area contributed by atoms with Crippen LogP contribution in [0.15, 0.2) is 35.8 Å². The largest absolute Gasteiger partial charge is 0.481 e. The average molecular weight is 182 g/mol. The molecule has 0 aliphatic carbocycles. The van der Waals surface area contributed by atoms with Crippen molar-refractivity contribution < 1.29 is 14.6 Å². The fourth-order valence-electron chi connectivity index (χ4n) is 0.608. The van der Waals surface area contributed by atoms with E-state index in [2.05, 4.69) is 11.3 Å². The van der Waals surface area contributed by atoms with Crippen LogP contribution in [0.2, 0.25) is 0 Å². The van der Waals surface area contributed by atoms with Gasteiger partial charge in [-0.2, -0.15) is 0 Å². The summed E-state index contributed by atoms with van der Waals surface area (Å²) in [5.41, 5.74) is 1.43. The van der Waals surface area contributed by atoms with Gasteiger partial charge in [0.25, 0.3) is 5.95 Å². The standard InChI is InChI=1S/C10H14O3/c1-7(2)5-9(11)13-10(12)6-8(3)4/h5-6,11H,1H2,2-4H3. The molecule has 0 saturated heterocycles. The Morgan fingerprint density at radius 1 is 1.31 bits per heavy atom. The molecule has 72 valence electrons. The number of esters is 1. The van der Waals surface area contributed by atoms with Gasteiger partial charge in [0.2, 0.25) is 0 Å². The molecule has 0 aromatic rings. The molecule has 0 saturated carbocycles. The molecule has 0 radical (unpaired) electrons. The molecule has 0 fully saturated rings. The molecule has 0 bridgehead atoms. The van der Waals surface area contributed by atoms with Crippen molar-refractivity contribution in [3.05, 3.63) is 35.8 Å². The summed E-state index contributed by atoms with van der Waals surface area (Å²) in [5.74, 6) is -1.02. The molecule has 1 N–H and O–H groups in total. The Balaban J connectivity index is 4.23. The fourth-order valence-corrected chi connectivity index (χ4v) is 0.608. The normalized spacial score (nSPS) is 10.5. The fraction of sp³-hybridized carbons (Fsp3) is 0.300. The van der Waals surface area contributed by atoms with Crippen molar-refractivity contribution >= 4 is 5.97 Å². The molecule has 0 aromatic carbocycles. The highest BCUT2D eigenvalue weighted by Crippen LogP contribution is 2.00. The Bertz CT molecular complexity index is 268. The molecular formula is C10H14O3. The maximum atomic E-state index is 10.9. The summed E-state index contributed by atoms with van der Waals surface area (Å²) in [6.07, 6.45) is 2.57. The Kier molecular flexibility index (Phi) is 4.59. The average Bonchev–Trinajstić information content (AvgIpc) is 1.80. The highest BCUT2D eigenvalue weighted by Gasteiger charge is 2.01. The molecule has 3 heteroatoms. The molecule has 0 aliphatic rings. The number of hydrogen-bond acceptors (Lipinski definition) is 3. The SMILES string of the molecule is C=C(C)C=C(O)OC(=O)C=C(C)C. The molecule has 0 unspecified atom stereocenters. The van der Waals surface area contributed by atoms with Crippen LogP contribution in [0.4, 0.5) is 0 Å². The first kappa shape index (κ1) is 11.5. The smallest absolute Gasteiger partial charge is 0.338 e. The second-order valence-corrected chi connectivity index (χ2v) is 2.97. The van der Waals surface area contributed by atoms with Crippen LogP contribution < -0.4 is 0 Å². The van der Waals surface area contributed by atoms with Gasteiger partial charge in [0, 0.05) is 12.2 Å². The van der Waals surface area contributed by atoms with Crippen LogP contribution in [-0.4, -0.2) is 11.1 Å². The van der Waals surface area contributed by atoms with E-state index in [4.69, 9.17) is 5.11 Å². The summed E-state index contributed by atoms with van der Waals surface area (Å²) in [6, 6.07) is 0. The van der Waals surface area contributed by atoms with Gasteiger partial charge in [-0.15, -0.1) is 0 Å². The summed E-state index contributed by atoms with van der Waals surface area (Å²) in [4.78, 5) is 10.9. The number of ether oxygens (including phenoxy) is 1. The van der Waals surface area contributed by atoms with Crippen molar-refractivity contribution in [1.82, 2.24) is 0 Å². The summed E-state index contributed by atoms with van der Waals surface area (Å²) in [5, 5.41) is 9.03. The molecule has 13 heavy (non-hydrogen) atoms. The van der Waals surface area contributed by atoms with Gasteiger partial charge >= 0.3 is 5.97 Å². The molecular weight excluding hydrogens is 168 g/mol. The van der Waals surface area contributed by atoms with Crippen LogP contribution in [0.3, 0.4) is 0 Å². The summed E-state index contributed by atoms with van der Waals surface area (Å²) < 4.78 is 4.51. The van der Waals surface area contributed by atoms with E-state index < -0.39 is 11.9 Å². The summed E-state index contributed by atoms with van der Waals surface area (Å²) in [6.45, 7) is 8.74. The van der Waals surface area contributed by atoms with E-state index >= 15 is 0 Å². The zero-order chi connectivity index (χ0) is 10.4. The first-order chi connectivity index (χ1) is 5.91. The quantitative estimate of drug-likeness (QED) is 0.315. The first-order valence-electron chi connectivity index (χ1n) is 3.84. The van der Waals surface area contributed by atoms with Crippen LogP contribution in [0.5, 0.6) is 0 Å². The number of rotatable bonds is 3. The van der Waals surface area contributed by atoms with Gasteiger partial charge in [-0.05, 0) is 20.8 Å². The Labute approximate surface area is 78.0 Å². The minimum Gasteiger partial charge on any atom is -0.481 e. The van der Waals surface area contributed by atoms with Crippen LogP contribution >= 0.6 is 0 Å². The van der Waals surface area contributed by atoms with Crippen molar-refractivity contribution in [2.24, 2.45) is 0 Å². The molecule has 0 rings (SSSR count). The highest BCUT2D eigenvalue weighted by atomic mass is 16.6. The Morgan fingerprint density at radius 2 is 1.85 bits per heavy atom. The Hall–Kier alpha value is -1.51. The predicted molar refractivity (Wildman–Crippen MR) is 51.0 cm³/mol. The summed E-state index contributed by atoms with van der Waals surface area (Å²) in [7, 11) is 0. The van der Waals surface area contributed by atoms with Crippen molar-refractivity contribution in [3.8, 4) is 0 Å². The summed E-state index contributed by atoms with van der Waals surface area (Å²) >= 11 is 0. The third-order valence-electron chi connectivity index (χ3n) is 0.982. The maximum Gasteiger partial charge on any atom is 0.338 e. The minimum absolute atomic E-state index is 0.435. The van der Waals surface area contributed by atoms with E-state index in [0.717, 1.165) is 5.57 Å². The third-order valence-corrected chi connectivity index (χ3v) is 0.982. The number of allylic oxidation sites excluding steroid dienone is 3. The van der Waals surface area contributed by atoms with Gasteiger partial charge in [-0.25, -0.2) is 4.79 Å². The molecule has 0 aliphatic heterocycles. The zero-order valence-corrected chi connectivity index (χ0v) is 8.13. The third kappa shape index (κ3) is 6.87. The molecule has 0 atom stereocenters. The van der Waals surface area contributed by atoms with E-state index in [9.17, 15) is 4.79 Å².